The first kappa shape index (κ1) is 16.0. The van der Waals surface area contributed by atoms with Crippen molar-refractivity contribution in [2.24, 2.45) is 0 Å². The number of halogens is 2. The van der Waals surface area contributed by atoms with Gasteiger partial charge in [0.25, 0.3) is 5.91 Å². The van der Waals surface area contributed by atoms with Gasteiger partial charge in [0.05, 0.1) is 0 Å². The molecular weight excluding hydrogens is 379 g/mol. The smallest absolute Gasteiger partial charge is 0.266 e. The van der Waals surface area contributed by atoms with E-state index in [1.54, 1.807) is 12.1 Å². The minimum atomic E-state index is -0.589. The third kappa shape index (κ3) is 3.39. The fourth-order valence-electron chi connectivity index (χ4n) is 2.08. The van der Waals surface area contributed by atoms with Crippen LogP contribution in [0.25, 0.3) is 6.08 Å². The lowest BCUT2D eigenvalue weighted by Crippen LogP contribution is -2.13. The summed E-state index contributed by atoms with van der Waals surface area (Å²) in [5.74, 6) is 0.135. The molecule has 24 heavy (non-hydrogen) atoms. The maximum atomic E-state index is 12.9. The topological polar surface area (TPSA) is 71.3 Å². The Morgan fingerprint density at radius 3 is 2.58 bits per heavy atom. The molecule has 0 saturated heterocycles. The number of carbonyl (C=O) groups excluding carboxylic acids is 1. The molecule has 3 rings (SSSR count). The predicted molar refractivity (Wildman–Crippen MR) is 88.9 cm³/mol. The number of nitrogens with zero attached hydrogens (tertiary/aromatic N) is 1. The van der Waals surface area contributed by atoms with Crippen molar-refractivity contribution >= 4 is 33.6 Å². The minimum absolute atomic E-state index is 0.0982. The quantitative estimate of drug-likeness (QED) is 0.639. The van der Waals surface area contributed by atoms with E-state index in [1.165, 1.54) is 30.3 Å². The van der Waals surface area contributed by atoms with E-state index in [1.807, 2.05) is 6.07 Å². The molecule has 0 fully saturated rings. The van der Waals surface area contributed by atoms with Crippen LogP contribution in [0, 0.1) is 17.1 Å². The lowest BCUT2D eigenvalue weighted by atomic mass is 10.1. The van der Waals surface area contributed by atoms with Crippen molar-refractivity contribution in [2.75, 3.05) is 12.1 Å². The second-order valence-corrected chi connectivity index (χ2v) is 5.71. The highest BCUT2D eigenvalue weighted by atomic mass is 79.9. The molecular formula is C17H10BrFN2O3. The number of benzene rings is 2. The number of carbonyl (C=O) groups is 1. The standard InChI is InChI=1S/C17H10BrFN2O3/c18-14-7-16-15(23-9-24-16)6-10(14)5-11(8-20)17(22)21-13-3-1-12(19)2-4-13/h1-7H,9H2,(H,21,22). The molecule has 5 nitrogen and oxygen atoms in total. The van der Waals surface area contributed by atoms with Gasteiger partial charge in [-0.1, -0.05) is 15.9 Å². The highest BCUT2D eigenvalue weighted by molar-refractivity contribution is 9.10. The van der Waals surface area contributed by atoms with Crippen molar-refractivity contribution in [1.82, 2.24) is 0 Å². The van der Waals surface area contributed by atoms with Crippen molar-refractivity contribution in [3.05, 3.63) is 57.8 Å². The van der Waals surface area contributed by atoms with Crippen LogP contribution in [-0.2, 0) is 4.79 Å². The Morgan fingerprint density at radius 1 is 1.25 bits per heavy atom. The van der Waals surface area contributed by atoms with E-state index in [-0.39, 0.29) is 12.4 Å². The maximum absolute atomic E-state index is 12.9. The number of anilines is 1. The summed E-state index contributed by atoms with van der Waals surface area (Å²) in [4.78, 5) is 12.2. The Balaban J connectivity index is 1.85. The van der Waals surface area contributed by atoms with Gasteiger partial charge in [-0.2, -0.15) is 5.26 Å². The Labute approximate surface area is 145 Å². The van der Waals surface area contributed by atoms with Gasteiger partial charge in [-0.25, -0.2) is 4.39 Å². The zero-order valence-corrected chi connectivity index (χ0v) is 13.8. The van der Waals surface area contributed by atoms with E-state index in [9.17, 15) is 14.4 Å². The van der Waals surface area contributed by atoms with E-state index in [0.29, 0.717) is 27.2 Å². The number of nitrogens with one attached hydrogen (secondary N) is 1. The first-order chi connectivity index (χ1) is 11.6. The van der Waals surface area contributed by atoms with E-state index in [0.717, 1.165) is 0 Å². The number of hydrogen-bond acceptors (Lipinski definition) is 4. The van der Waals surface area contributed by atoms with Crippen LogP contribution in [0.2, 0.25) is 0 Å². The van der Waals surface area contributed by atoms with Gasteiger partial charge in [-0.05, 0) is 48.0 Å². The van der Waals surface area contributed by atoms with Gasteiger partial charge in [0, 0.05) is 10.2 Å². The fraction of sp³-hybridized carbons (Fsp3) is 0.0588. The Bertz CT molecular complexity index is 873. The Morgan fingerprint density at radius 2 is 1.92 bits per heavy atom. The van der Waals surface area contributed by atoms with Crippen LogP contribution >= 0.6 is 15.9 Å². The van der Waals surface area contributed by atoms with E-state index in [4.69, 9.17) is 9.47 Å². The molecule has 0 atom stereocenters. The van der Waals surface area contributed by atoms with Crippen molar-refractivity contribution in [3.63, 3.8) is 0 Å². The van der Waals surface area contributed by atoms with Crippen molar-refractivity contribution in [3.8, 4) is 17.6 Å². The summed E-state index contributed by atoms with van der Waals surface area (Å²) in [5.41, 5.74) is 0.899. The molecule has 1 N–H and O–H groups in total. The molecule has 0 aromatic heterocycles. The monoisotopic (exact) mass is 388 g/mol. The van der Waals surface area contributed by atoms with Crippen LogP contribution in [0.3, 0.4) is 0 Å². The predicted octanol–water partition coefficient (Wildman–Crippen LogP) is 3.86. The average molecular weight is 389 g/mol. The summed E-state index contributed by atoms with van der Waals surface area (Å²) < 4.78 is 24.1. The molecule has 0 saturated carbocycles. The van der Waals surface area contributed by atoms with Crippen LogP contribution in [0.4, 0.5) is 10.1 Å². The van der Waals surface area contributed by atoms with E-state index < -0.39 is 11.7 Å². The molecule has 1 aliphatic rings. The van der Waals surface area contributed by atoms with E-state index >= 15 is 0 Å². The first-order valence-electron chi connectivity index (χ1n) is 6.84. The van der Waals surface area contributed by atoms with Crippen molar-refractivity contribution in [1.29, 1.82) is 5.26 Å². The lowest BCUT2D eigenvalue weighted by molar-refractivity contribution is -0.112. The molecule has 1 heterocycles. The minimum Gasteiger partial charge on any atom is -0.454 e. The van der Waals surface area contributed by atoms with Gasteiger partial charge in [-0.3, -0.25) is 4.79 Å². The second-order valence-electron chi connectivity index (χ2n) is 4.86. The molecule has 0 radical (unpaired) electrons. The highest BCUT2D eigenvalue weighted by Crippen LogP contribution is 2.37. The summed E-state index contributed by atoms with van der Waals surface area (Å²) >= 11 is 3.37. The number of rotatable bonds is 3. The molecule has 0 aliphatic carbocycles. The number of hydrogen-bond donors (Lipinski definition) is 1. The Hall–Kier alpha value is -2.85. The van der Waals surface area contributed by atoms with Crippen LogP contribution in [0.1, 0.15) is 5.56 Å². The second kappa shape index (κ2) is 6.72. The number of fused-ring (bicyclic) bond motifs is 1. The van der Waals surface area contributed by atoms with Gasteiger partial charge in [-0.15, -0.1) is 0 Å². The van der Waals surface area contributed by atoms with Crippen LogP contribution in [-0.4, -0.2) is 12.7 Å². The number of ether oxygens (including phenoxy) is 2. The molecule has 1 aliphatic heterocycles. The highest BCUT2D eigenvalue weighted by Gasteiger charge is 2.17. The van der Waals surface area contributed by atoms with Crippen LogP contribution in [0.15, 0.2) is 46.4 Å². The molecule has 2 aromatic carbocycles. The SMILES string of the molecule is N#CC(=Cc1cc2c(cc1Br)OCO2)C(=O)Nc1ccc(F)cc1. The van der Waals surface area contributed by atoms with Crippen LogP contribution < -0.4 is 14.8 Å². The lowest BCUT2D eigenvalue weighted by Gasteiger charge is -2.05. The van der Waals surface area contributed by atoms with Gasteiger partial charge >= 0.3 is 0 Å². The maximum Gasteiger partial charge on any atom is 0.266 e. The third-order valence-corrected chi connectivity index (χ3v) is 3.95. The summed E-state index contributed by atoms with van der Waals surface area (Å²) in [6.45, 7) is 0.130. The van der Waals surface area contributed by atoms with Crippen molar-refractivity contribution in [2.45, 2.75) is 0 Å². The number of amides is 1. The molecule has 7 heteroatoms. The molecule has 0 unspecified atom stereocenters. The van der Waals surface area contributed by atoms with Crippen LogP contribution in [0.5, 0.6) is 11.5 Å². The molecule has 0 spiro atoms. The van der Waals surface area contributed by atoms with Gasteiger partial charge < -0.3 is 14.8 Å². The average Bonchev–Trinajstić information content (AvgIpc) is 3.01. The molecule has 0 bridgehead atoms. The summed E-state index contributed by atoms with van der Waals surface area (Å²) in [6, 6.07) is 10.5. The largest absolute Gasteiger partial charge is 0.454 e. The summed E-state index contributed by atoms with van der Waals surface area (Å²) in [7, 11) is 0. The van der Waals surface area contributed by atoms with Gasteiger partial charge in [0.2, 0.25) is 6.79 Å². The van der Waals surface area contributed by atoms with Gasteiger partial charge in [0.1, 0.15) is 17.5 Å². The third-order valence-electron chi connectivity index (χ3n) is 3.26. The molecule has 120 valence electrons. The zero-order chi connectivity index (χ0) is 17.1. The molecule has 2 aromatic rings. The summed E-state index contributed by atoms with van der Waals surface area (Å²) in [6.07, 6.45) is 1.44. The first-order valence-corrected chi connectivity index (χ1v) is 7.64. The zero-order valence-electron chi connectivity index (χ0n) is 12.2. The van der Waals surface area contributed by atoms with E-state index in [2.05, 4.69) is 21.2 Å². The van der Waals surface area contributed by atoms with Crippen molar-refractivity contribution < 1.29 is 18.7 Å². The number of nitriles is 1. The Kier molecular flexibility index (Phi) is 4.49. The fourth-order valence-corrected chi connectivity index (χ4v) is 2.52. The summed E-state index contributed by atoms with van der Waals surface area (Å²) in [5, 5.41) is 11.8. The normalized spacial score (nSPS) is 12.6. The molecule has 1 amide bonds. The van der Waals surface area contributed by atoms with Gasteiger partial charge in [0.15, 0.2) is 11.5 Å².